The van der Waals surface area contributed by atoms with Crippen LogP contribution in [0.3, 0.4) is 0 Å². The number of hydrogen-bond acceptors (Lipinski definition) is 3. The lowest BCUT2D eigenvalue weighted by Crippen LogP contribution is -2.24. The summed E-state index contributed by atoms with van der Waals surface area (Å²) in [6, 6.07) is 0. The fourth-order valence-corrected chi connectivity index (χ4v) is 1.30. The third-order valence-corrected chi connectivity index (χ3v) is 2.01. The van der Waals surface area contributed by atoms with E-state index in [1.54, 1.807) is 6.20 Å². The van der Waals surface area contributed by atoms with Gasteiger partial charge >= 0.3 is 0 Å². The molecule has 1 aromatic heterocycles. The van der Waals surface area contributed by atoms with E-state index in [0.29, 0.717) is 6.10 Å². The van der Waals surface area contributed by atoms with Gasteiger partial charge in [0, 0.05) is 32.1 Å². The van der Waals surface area contributed by atoms with E-state index < -0.39 is 0 Å². The van der Waals surface area contributed by atoms with Crippen LogP contribution >= 0.6 is 0 Å². The number of hydrogen-bond donors (Lipinski definition) is 1. The SMILES string of the molecule is CNCC(C)OCCCn1ccnc1. The molecule has 1 unspecified atom stereocenters. The van der Waals surface area contributed by atoms with Crippen molar-refractivity contribution in [2.45, 2.75) is 26.0 Å². The first-order valence-corrected chi connectivity index (χ1v) is 5.05. The second-order valence-corrected chi connectivity index (χ2v) is 3.39. The number of rotatable bonds is 7. The van der Waals surface area contributed by atoms with Crippen molar-refractivity contribution >= 4 is 0 Å². The first-order valence-electron chi connectivity index (χ1n) is 5.05. The Balaban J connectivity index is 1.99. The first kappa shape index (κ1) is 11.2. The molecule has 0 spiro atoms. The van der Waals surface area contributed by atoms with E-state index in [1.165, 1.54) is 0 Å². The molecule has 4 nitrogen and oxygen atoms in total. The van der Waals surface area contributed by atoms with Crippen molar-refractivity contribution in [3.05, 3.63) is 18.7 Å². The zero-order valence-electron chi connectivity index (χ0n) is 8.94. The lowest BCUT2D eigenvalue weighted by molar-refractivity contribution is 0.0636. The van der Waals surface area contributed by atoms with Crippen LogP contribution in [0.5, 0.6) is 0 Å². The average molecular weight is 197 g/mol. The predicted octanol–water partition coefficient (Wildman–Crippen LogP) is 0.898. The van der Waals surface area contributed by atoms with E-state index >= 15 is 0 Å². The summed E-state index contributed by atoms with van der Waals surface area (Å²) in [4.78, 5) is 3.98. The molecule has 0 bridgehead atoms. The molecule has 1 aromatic rings. The standard InChI is InChI=1S/C10H19N3O/c1-10(8-11-2)14-7-3-5-13-6-4-12-9-13/h4,6,9-11H,3,5,7-8H2,1-2H3. The number of aryl methyl sites for hydroxylation is 1. The minimum atomic E-state index is 0.294. The molecular formula is C10H19N3O. The summed E-state index contributed by atoms with van der Waals surface area (Å²) in [5.74, 6) is 0. The van der Waals surface area contributed by atoms with Crippen LogP contribution in [0.25, 0.3) is 0 Å². The summed E-state index contributed by atoms with van der Waals surface area (Å²) in [6.07, 6.45) is 6.92. The summed E-state index contributed by atoms with van der Waals surface area (Å²) in [5, 5.41) is 3.08. The number of imidazole rings is 1. The summed E-state index contributed by atoms with van der Waals surface area (Å²) in [5.41, 5.74) is 0. The van der Waals surface area contributed by atoms with Crippen LogP contribution in [0, 0.1) is 0 Å². The molecule has 0 amide bonds. The quantitative estimate of drug-likeness (QED) is 0.660. The Kier molecular flexibility index (Phi) is 5.25. The Morgan fingerprint density at radius 2 is 2.43 bits per heavy atom. The van der Waals surface area contributed by atoms with Crippen LogP contribution in [-0.4, -0.2) is 35.9 Å². The van der Waals surface area contributed by atoms with Gasteiger partial charge in [-0.05, 0) is 20.4 Å². The molecule has 1 atom stereocenters. The first-order chi connectivity index (χ1) is 6.83. The van der Waals surface area contributed by atoms with E-state index in [-0.39, 0.29) is 0 Å². The molecule has 0 saturated carbocycles. The molecule has 0 aromatic carbocycles. The Bertz CT molecular complexity index is 223. The molecule has 1 rings (SSSR count). The van der Waals surface area contributed by atoms with Gasteiger partial charge in [0.05, 0.1) is 12.4 Å². The van der Waals surface area contributed by atoms with Crippen molar-refractivity contribution in [1.29, 1.82) is 0 Å². The minimum Gasteiger partial charge on any atom is -0.377 e. The van der Waals surface area contributed by atoms with Gasteiger partial charge in [-0.15, -0.1) is 0 Å². The predicted molar refractivity (Wildman–Crippen MR) is 56.2 cm³/mol. The monoisotopic (exact) mass is 197 g/mol. The highest BCUT2D eigenvalue weighted by molar-refractivity contribution is 4.73. The number of likely N-dealkylation sites (N-methyl/N-ethyl adjacent to an activating group) is 1. The van der Waals surface area contributed by atoms with E-state index in [4.69, 9.17) is 4.74 Å². The van der Waals surface area contributed by atoms with Gasteiger partial charge in [-0.1, -0.05) is 0 Å². The molecular weight excluding hydrogens is 178 g/mol. The van der Waals surface area contributed by atoms with Crippen LogP contribution < -0.4 is 5.32 Å². The zero-order valence-corrected chi connectivity index (χ0v) is 8.94. The molecule has 0 saturated heterocycles. The second-order valence-electron chi connectivity index (χ2n) is 3.39. The molecule has 0 aliphatic carbocycles. The van der Waals surface area contributed by atoms with Gasteiger partial charge in [0.25, 0.3) is 0 Å². The van der Waals surface area contributed by atoms with Crippen molar-refractivity contribution < 1.29 is 4.74 Å². The molecule has 14 heavy (non-hydrogen) atoms. The van der Waals surface area contributed by atoms with Gasteiger partial charge < -0.3 is 14.6 Å². The second kappa shape index (κ2) is 6.56. The maximum Gasteiger partial charge on any atom is 0.0945 e. The number of ether oxygens (including phenoxy) is 1. The summed E-state index contributed by atoms with van der Waals surface area (Å²) >= 11 is 0. The lowest BCUT2D eigenvalue weighted by atomic mass is 10.4. The Morgan fingerprint density at radius 3 is 3.07 bits per heavy atom. The van der Waals surface area contributed by atoms with Crippen LogP contribution in [0.1, 0.15) is 13.3 Å². The van der Waals surface area contributed by atoms with Crippen LogP contribution in [0.2, 0.25) is 0 Å². The fourth-order valence-electron chi connectivity index (χ4n) is 1.30. The maximum atomic E-state index is 5.58. The van der Waals surface area contributed by atoms with Crippen molar-refractivity contribution in [3.8, 4) is 0 Å². The molecule has 0 aliphatic heterocycles. The fraction of sp³-hybridized carbons (Fsp3) is 0.700. The third-order valence-electron chi connectivity index (χ3n) is 2.01. The Morgan fingerprint density at radius 1 is 1.57 bits per heavy atom. The van der Waals surface area contributed by atoms with Crippen LogP contribution in [0.4, 0.5) is 0 Å². The maximum absolute atomic E-state index is 5.58. The smallest absolute Gasteiger partial charge is 0.0945 e. The molecule has 1 heterocycles. The summed E-state index contributed by atoms with van der Waals surface area (Å²) in [7, 11) is 1.94. The van der Waals surface area contributed by atoms with Crippen molar-refractivity contribution in [2.24, 2.45) is 0 Å². The largest absolute Gasteiger partial charge is 0.377 e. The van der Waals surface area contributed by atoms with Crippen LogP contribution in [0.15, 0.2) is 18.7 Å². The molecule has 1 N–H and O–H groups in total. The molecule has 4 heteroatoms. The van der Waals surface area contributed by atoms with Gasteiger partial charge in [-0.2, -0.15) is 0 Å². The Hall–Kier alpha value is -0.870. The molecule has 0 radical (unpaired) electrons. The lowest BCUT2D eigenvalue weighted by Gasteiger charge is -2.12. The van der Waals surface area contributed by atoms with Gasteiger partial charge in [-0.3, -0.25) is 0 Å². The normalized spacial score (nSPS) is 13.0. The summed E-state index contributed by atoms with van der Waals surface area (Å²) < 4.78 is 7.65. The van der Waals surface area contributed by atoms with Gasteiger partial charge in [0.1, 0.15) is 0 Å². The minimum absolute atomic E-state index is 0.294. The average Bonchev–Trinajstić information content (AvgIpc) is 2.65. The topological polar surface area (TPSA) is 39.1 Å². The number of nitrogens with one attached hydrogen (secondary N) is 1. The van der Waals surface area contributed by atoms with Gasteiger partial charge in [-0.25, -0.2) is 4.98 Å². The highest BCUT2D eigenvalue weighted by Crippen LogP contribution is 1.94. The molecule has 0 fully saturated rings. The number of aromatic nitrogens is 2. The van der Waals surface area contributed by atoms with Crippen molar-refractivity contribution in [1.82, 2.24) is 14.9 Å². The third kappa shape index (κ3) is 4.39. The zero-order chi connectivity index (χ0) is 10.2. The Labute approximate surface area is 85.3 Å². The van der Waals surface area contributed by atoms with Crippen molar-refractivity contribution in [2.75, 3.05) is 20.2 Å². The van der Waals surface area contributed by atoms with Crippen molar-refractivity contribution in [3.63, 3.8) is 0 Å². The van der Waals surface area contributed by atoms with Gasteiger partial charge in [0.2, 0.25) is 0 Å². The number of nitrogens with zero attached hydrogens (tertiary/aromatic N) is 2. The van der Waals surface area contributed by atoms with E-state index in [2.05, 4.69) is 21.8 Å². The van der Waals surface area contributed by atoms with E-state index in [9.17, 15) is 0 Å². The van der Waals surface area contributed by atoms with Gasteiger partial charge in [0.15, 0.2) is 0 Å². The molecule has 0 aliphatic rings. The van der Waals surface area contributed by atoms with E-state index in [1.807, 2.05) is 19.6 Å². The highest BCUT2D eigenvalue weighted by Gasteiger charge is 1.99. The van der Waals surface area contributed by atoms with E-state index in [0.717, 1.165) is 26.1 Å². The van der Waals surface area contributed by atoms with Crippen LogP contribution in [-0.2, 0) is 11.3 Å². The summed E-state index contributed by atoms with van der Waals surface area (Å²) in [6.45, 7) is 4.77. The highest BCUT2D eigenvalue weighted by atomic mass is 16.5. The molecule has 80 valence electrons.